The monoisotopic (exact) mass is 576 g/mol. The minimum Gasteiger partial charge on any atom is -0.481 e. The number of carbonyl (C=O) groups is 1. The third-order valence-corrected chi connectivity index (χ3v) is 8.74. The molecule has 0 amide bonds. The maximum absolute atomic E-state index is 14.8. The standard InChI is InChI=1S/C26H23Cl2FN4O4S/c27-18-12-17(13-19(28)14-18)16-5-7-33(8-6-16)26-31-22-2-1-9-38(36,37)24(22)25(32-26)30-21-4-3-15(10-20(21)29)11-23(34)35/h3-5,10,12-14H,1-2,6-9,11H2,(H,34,35)(H,30,31,32). The Kier molecular flexibility index (Phi) is 7.30. The molecular formula is C26H23Cl2FN4O4S. The van der Waals surface area contributed by atoms with E-state index in [1.54, 1.807) is 6.07 Å². The number of hydrogen-bond donors (Lipinski definition) is 2. The molecule has 38 heavy (non-hydrogen) atoms. The lowest BCUT2D eigenvalue weighted by Crippen LogP contribution is -2.31. The Bertz CT molecular complexity index is 1560. The Hall–Kier alpha value is -3.21. The number of aryl methyl sites for hydroxylation is 1. The maximum atomic E-state index is 14.8. The number of nitrogens with one attached hydrogen (secondary N) is 1. The first-order chi connectivity index (χ1) is 18.1. The van der Waals surface area contributed by atoms with E-state index in [2.05, 4.69) is 15.3 Å². The van der Waals surface area contributed by atoms with Crippen molar-refractivity contribution >= 4 is 62.0 Å². The molecule has 8 nitrogen and oxygen atoms in total. The minimum absolute atomic E-state index is 0.00554. The van der Waals surface area contributed by atoms with Crippen molar-refractivity contribution in [2.45, 2.75) is 30.6 Å². The number of aliphatic carboxylic acids is 1. The third kappa shape index (κ3) is 5.62. The van der Waals surface area contributed by atoms with E-state index in [0.29, 0.717) is 54.0 Å². The van der Waals surface area contributed by atoms with Crippen LogP contribution >= 0.6 is 23.2 Å². The number of halogens is 3. The number of carboxylic acids is 1. The normalized spacial score (nSPS) is 16.5. The zero-order valence-corrected chi connectivity index (χ0v) is 22.4. The summed E-state index contributed by atoms with van der Waals surface area (Å²) in [6, 6.07) is 9.35. The summed E-state index contributed by atoms with van der Waals surface area (Å²) in [5, 5.41) is 12.9. The van der Waals surface area contributed by atoms with E-state index in [0.717, 1.165) is 17.2 Å². The van der Waals surface area contributed by atoms with Gasteiger partial charge in [-0.2, -0.15) is 4.98 Å². The average Bonchev–Trinajstić information content (AvgIpc) is 2.84. The summed E-state index contributed by atoms with van der Waals surface area (Å²) < 4.78 is 40.8. The van der Waals surface area contributed by atoms with Crippen molar-refractivity contribution in [3.8, 4) is 0 Å². The smallest absolute Gasteiger partial charge is 0.307 e. The van der Waals surface area contributed by atoms with Crippen LogP contribution in [0.1, 0.15) is 29.7 Å². The number of nitrogens with zero attached hydrogens (tertiary/aromatic N) is 3. The maximum Gasteiger partial charge on any atom is 0.307 e. The van der Waals surface area contributed by atoms with Crippen LogP contribution in [0.25, 0.3) is 5.57 Å². The number of hydrogen-bond acceptors (Lipinski definition) is 7. The molecule has 1 aromatic heterocycles. The summed E-state index contributed by atoms with van der Waals surface area (Å²) in [7, 11) is -3.67. The summed E-state index contributed by atoms with van der Waals surface area (Å²) >= 11 is 12.3. The van der Waals surface area contributed by atoms with Crippen molar-refractivity contribution in [3.63, 3.8) is 0 Å². The molecule has 2 aromatic carbocycles. The highest BCUT2D eigenvalue weighted by molar-refractivity contribution is 7.91. The highest BCUT2D eigenvalue weighted by Crippen LogP contribution is 2.35. The molecule has 3 aromatic rings. The number of sulfone groups is 1. The molecule has 0 saturated carbocycles. The number of rotatable bonds is 6. The van der Waals surface area contributed by atoms with E-state index in [-0.39, 0.29) is 34.1 Å². The van der Waals surface area contributed by atoms with Crippen LogP contribution in [0.5, 0.6) is 0 Å². The van der Waals surface area contributed by atoms with Gasteiger partial charge in [0.05, 0.1) is 23.6 Å². The van der Waals surface area contributed by atoms with Crippen LogP contribution in [0.4, 0.5) is 21.8 Å². The van der Waals surface area contributed by atoms with Crippen molar-refractivity contribution in [3.05, 3.63) is 75.2 Å². The van der Waals surface area contributed by atoms with Gasteiger partial charge in [-0.1, -0.05) is 35.3 Å². The predicted molar refractivity (Wildman–Crippen MR) is 145 cm³/mol. The van der Waals surface area contributed by atoms with E-state index < -0.39 is 21.6 Å². The molecular weight excluding hydrogens is 554 g/mol. The van der Waals surface area contributed by atoms with Crippen LogP contribution in [-0.4, -0.2) is 48.3 Å². The molecule has 0 saturated heterocycles. The molecule has 0 atom stereocenters. The van der Waals surface area contributed by atoms with Crippen LogP contribution in [0.15, 0.2) is 47.4 Å². The van der Waals surface area contributed by atoms with Gasteiger partial charge < -0.3 is 15.3 Å². The molecule has 3 heterocycles. The first kappa shape index (κ1) is 26.4. The molecule has 12 heteroatoms. The Morgan fingerprint density at radius 1 is 1.11 bits per heavy atom. The Labute approximate surface area is 229 Å². The second-order valence-corrected chi connectivity index (χ2v) is 12.1. The Morgan fingerprint density at radius 2 is 1.87 bits per heavy atom. The van der Waals surface area contributed by atoms with E-state index in [9.17, 15) is 17.6 Å². The van der Waals surface area contributed by atoms with E-state index >= 15 is 0 Å². The van der Waals surface area contributed by atoms with Gasteiger partial charge in [-0.3, -0.25) is 4.79 Å². The number of carboxylic acid groups (broad SMARTS) is 1. The zero-order valence-electron chi connectivity index (χ0n) is 20.0. The first-order valence-corrected chi connectivity index (χ1v) is 14.3. The summed E-state index contributed by atoms with van der Waals surface area (Å²) in [6.07, 6.45) is 3.25. The van der Waals surface area contributed by atoms with Crippen LogP contribution in [0.2, 0.25) is 10.0 Å². The highest BCUT2D eigenvalue weighted by Gasteiger charge is 2.31. The summed E-state index contributed by atoms with van der Waals surface area (Å²) in [4.78, 5) is 22.0. The van der Waals surface area contributed by atoms with Gasteiger partial charge in [0.25, 0.3) is 0 Å². The van der Waals surface area contributed by atoms with Crippen molar-refractivity contribution in [1.29, 1.82) is 0 Å². The summed E-state index contributed by atoms with van der Waals surface area (Å²) in [6.45, 7) is 1.04. The molecule has 0 spiro atoms. The molecule has 5 rings (SSSR count). The van der Waals surface area contributed by atoms with E-state index in [1.165, 1.54) is 12.1 Å². The van der Waals surface area contributed by atoms with Gasteiger partial charge in [0.15, 0.2) is 15.7 Å². The number of fused-ring (bicyclic) bond motifs is 1. The molecule has 0 aliphatic carbocycles. The molecule has 198 valence electrons. The highest BCUT2D eigenvalue weighted by atomic mass is 35.5. The lowest BCUT2D eigenvalue weighted by molar-refractivity contribution is -0.136. The topological polar surface area (TPSA) is 112 Å². The summed E-state index contributed by atoms with van der Waals surface area (Å²) in [5.74, 6) is -1.49. The van der Waals surface area contributed by atoms with Crippen LogP contribution in [0, 0.1) is 5.82 Å². The number of aromatic nitrogens is 2. The fourth-order valence-corrected chi connectivity index (χ4v) is 6.81. The van der Waals surface area contributed by atoms with Gasteiger partial charge in [0.2, 0.25) is 5.95 Å². The van der Waals surface area contributed by atoms with Crippen LogP contribution < -0.4 is 10.2 Å². The van der Waals surface area contributed by atoms with Crippen LogP contribution in [-0.2, 0) is 27.5 Å². The third-order valence-electron chi connectivity index (χ3n) is 6.43. The van der Waals surface area contributed by atoms with Crippen molar-refractivity contribution in [2.24, 2.45) is 0 Å². The van der Waals surface area contributed by atoms with Crippen molar-refractivity contribution in [2.75, 3.05) is 29.1 Å². The molecule has 2 N–H and O–H groups in total. The Morgan fingerprint density at radius 3 is 2.53 bits per heavy atom. The fraction of sp³-hybridized carbons (Fsp3) is 0.269. The Balaban J connectivity index is 1.48. The number of anilines is 3. The quantitative estimate of drug-likeness (QED) is 0.406. The largest absolute Gasteiger partial charge is 0.481 e. The zero-order chi connectivity index (χ0) is 27.0. The molecule has 0 bridgehead atoms. The van der Waals surface area contributed by atoms with Gasteiger partial charge in [-0.25, -0.2) is 17.8 Å². The lowest BCUT2D eigenvalue weighted by Gasteiger charge is -2.29. The minimum atomic E-state index is -3.67. The second kappa shape index (κ2) is 10.5. The van der Waals surface area contributed by atoms with Gasteiger partial charge in [0.1, 0.15) is 10.7 Å². The molecule has 2 aliphatic rings. The molecule has 0 unspecified atom stereocenters. The first-order valence-electron chi connectivity index (χ1n) is 11.9. The fourth-order valence-electron chi connectivity index (χ4n) is 4.66. The lowest BCUT2D eigenvalue weighted by atomic mass is 10.00. The molecule has 0 radical (unpaired) electrons. The van der Waals surface area contributed by atoms with Crippen molar-refractivity contribution in [1.82, 2.24) is 9.97 Å². The van der Waals surface area contributed by atoms with Crippen LogP contribution in [0.3, 0.4) is 0 Å². The van der Waals surface area contributed by atoms with Crippen molar-refractivity contribution < 1.29 is 22.7 Å². The molecule has 2 aliphatic heterocycles. The molecule has 0 fully saturated rings. The second-order valence-electron chi connectivity index (χ2n) is 9.16. The van der Waals surface area contributed by atoms with Gasteiger partial charge in [-0.15, -0.1) is 0 Å². The van der Waals surface area contributed by atoms with Gasteiger partial charge in [-0.05, 0) is 66.3 Å². The summed E-state index contributed by atoms with van der Waals surface area (Å²) in [5.41, 5.74) is 2.68. The van der Waals surface area contributed by atoms with E-state index in [4.69, 9.17) is 28.3 Å². The van der Waals surface area contributed by atoms with Gasteiger partial charge in [0, 0.05) is 23.1 Å². The SMILES string of the molecule is O=C(O)Cc1ccc(Nc2nc(N3CC=C(c4cc(Cl)cc(Cl)c4)CC3)nc3c2S(=O)(=O)CCC3)c(F)c1. The van der Waals surface area contributed by atoms with Gasteiger partial charge >= 0.3 is 5.97 Å². The number of benzene rings is 2. The van der Waals surface area contributed by atoms with E-state index in [1.807, 2.05) is 23.1 Å². The predicted octanol–water partition coefficient (Wildman–Crippen LogP) is 5.31. The average molecular weight is 577 g/mol.